The van der Waals surface area contributed by atoms with Gasteiger partial charge in [0.1, 0.15) is 5.75 Å². The number of carbonyl (C=O) groups excluding carboxylic acids is 2. The van der Waals surface area contributed by atoms with Crippen molar-refractivity contribution in [3.05, 3.63) is 64.7 Å². The minimum Gasteiger partial charge on any atom is -0.483 e. The van der Waals surface area contributed by atoms with Gasteiger partial charge in [-0.05, 0) is 42.7 Å². The number of piperidine rings is 1. The van der Waals surface area contributed by atoms with E-state index in [-0.39, 0.29) is 36.9 Å². The Morgan fingerprint density at radius 1 is 1.26 bits per heavy atom. The summed E-state index contributed by atoms with van der Waals surface area (Å²) in [5, 5.41) is 10.5. The summed E-state index contributed by atoms with van der Waals surface area (Å²) in [7, 11) is 0. The molecule has 2 aromatic rings. The lowest BCUT2D eigenvalue weighted by Gasteiger charge is -2.39. The summed E-state index contributed by atoms with van der Waals surface area (Å²) in [6.45, 7) is 4.22. The average molecular weight is 447 g/mol. The Morgan fingerprint density at radius 2 is 1.94 bits per heavy atom. The third-order valence-electron chi connectivity index (χ3n) is 5.07. The fraction of sp³-hybridized carbons (Fsp3) is 0.348. The van der Waals surface area contributed by atoms with Crippen LogP contribution in [0.2, 0.25) is 5.02 Å². The number of halogens is 1. The summed E-state index contributed by atoms with van der Waals surface area (Å²) in [6, 6.07) is 15.3. The maximum atomic E-state index is 12.7. The number of hydrogen-bond acceptors (Lipinski definition) is 4. The summed E-state index contributed by atoms with van der Waals surface area (Å²) >= 11 is 5.96. The first-order valence-corrected chi connectivity index (χ1v) is 10.3. The number of carboxylic acid groups (broad SMARTS) is 1. The Morgan fingerprint density at radius 3 is 2.55 bits per heavy atom. The second-order valence-electron chi connectivity index (χ2n) is 7.26. The molecule has 2 atom stereocenters. The molecule has 0 aromatic heterocycles. The molecule has 2 aromatic carbocycles. The third kappa shape index (κ3) is 7.29. The fourth-order valence-corrected chi connectivity index (χ4v) is 3.92. The van der Waals surface area contributed by atoms with Crippen LogP contribution < -0.4 is 10.1 Å². The first-order chi connectivity index (χ1) is 14.8. The SMILES string of the molecule is CC(=O)N[C@H]1CN(C(=O)COc2ccc(Cl)cc2C)CC[C@H]1c1ccccc1.O=CO. The van der Waals surface area contributed by atoms with Crippen molar-refractivity contribution < 1.29 is 24.2 Å². The summed E-state index contributed by atoms with van der Waals surface area (Å²) in [5.41, 5.74) is 2.07. The molecule has 2 N–H and O–H groups in total. The van der Waals surface area contributed by atoms with Crippen LogP contribution in [0.15, 0.2) is 48.5 Å². The lowest BCUT2D eigenvalue weighted by molar-refractivity contribution is -0.135. The molecule has 0 saturated carbocycles. The molecule has 2 amide bonds. The molecule has 1 fully saturated rings. The van der Waals surface area contributed by atoms with Gasteiger partial charge < -0.3 is 20.1 Å². The standard InChI is InChI=1S/C22H25ClN2O3.CH2O2/c1-15-12-18(23)8-9-21(15)28-14-22(27)25-11-10-19(17-6-4-3-5-7-17)20(13-25)24-16(2)26;2-1-3/h3-9,12,19-20H,10-11,13-14H2,1-2H3,(H,24,26);1H,(H,2,3)/t19-,20-;/m0./s1. The van der Waals surface area contributed by atoms with E-state index in [1.54, 1.807) is 23.1 Å². The molecule has 166 valence electrons. The number of hydrogen-bond donors (Lipinski definition) is 2. The van der Waals surface area contributed by atoms with E-state index in [0.29, 0.717) is 23.9 Å². The zero-order valence-electron chi connectivity index (χ0n) is 17.6. The van der Waals surface area contributed by atoms with Gasteiger partial charge >= 0.3 is 0 Å². The number of rotatable bonds is 5. The van der Waals surface area contributed by atoms with Crippen LogP contribution in [-0.4, -0.2) is 54.0 Å². The molecule has 1 aliphatic rings. The van der Waals surface area contributed by atoms with E-state index in [9.17, 15) is 9.59 Å². The molecular weight excluding hydrogens is 420 g/mol. The number of amides is 2. The molecule has 3 rings (SSSR count). The van der Waals surface area contributed by atoms with Crippen molar-refractivity contribution in [2.75, 3.05) is 19.7 Å². The minimum atomic E-state index is -0.250. The Hall–Kier alpha value is -3.06. The van der Waals surface area contributed by atoms with Crippen LogP contribution in [0, 0.1) is 6.92 Å². The van der Waals surface area contributed by atoms with Gasteiger partial charge in [-0.1, -0.05) is 41.9 Å². The van der Waals surface area contributed by atoms with E-state index < -0.39 is 0 Å². The predicted molar refractivity (Wildman–Crippen MR) is 118 cm³/mol. The van der Waals surface area contributed by atoms with E-state index in [0.717, 1.165) is 12.0 Å². The highest BCUT2D eigenvalue weighted by Crippen LogP contribution is 2.29. The number of ether oxygens (including phenoxy) is 1. The highest BCUT2D eigenvalue weighted by Gasteiger charge is 2.33. The van der Waals surface area contributed by atoms with Crippen LogP contribution in [0.5, 0.6) is 5.75 Å². The summed E-state index contributed by atoms with van der Waals surface area (Å²) < 4.78 is 5.70. The molecule has 0 spiro atoms. The Labute approximate surface area is 187 Å². The van der Waals surface area contributed by atoms with Crippen molar-refractivity contribution in [1.29, 1.82) is 0 Å². The molecule has 0 radical (unpaired) electrons. The number of nitrogens with one attached hydrogen (secondary N) is 1. The molecule has 7 nitrogen and oxygen atoms in total. The third-order valence-corrected chi connectivity index (χ3v) is 5.31. The fourth-order valence-electron chi connectivity index (χ4n) is 3.69. The maximum Gasteiger partial charge on any atom is 0.290 e. The molecule has 0 unspecified atom stereocenters. The van der Waals surface area contributed by atoms with Crippen molar-refractivity contribution in [3.8, 4) is 5.75 Å². The van der Waals surface area contributed by atoms with E-state index in [4.69, 9.17) is 26.2 Å². The smallest absolute Gasteiger partial charge is 0.290 e. The second kappa shape index (κ2) is 12.0. The first kappa shape index (κ1) is 24.2. The zero-order valence-corrected chi connectivity index (χ0v) is 18.3. The molecule has 1 saturated heterocycles. The zero-order chi connectivity index (χ0) is 22.8. The highest BCUT2D eigenvalue weighted by molar-refractivity contribution is 6.30. The topological polar surface area (TPSA) is 95.9 Å². The summed E-state index contributed by atoms with van der Waals surface area (Å²) in [6.07, 6.45) is 0.792. The van der Waals surface area contributed by atoms with E-state index in [1.165, 1.54) is 12.5 Å². The van der Waals surface area contributed by atoms with Gasteiger partial charge in [0, 0.05) is 31.0 Å². The predicted octanol–water partition coefficient (Wildman–Crippen LogP) is 3.25. The van der Waals surface area contributed by atoms with E-state index in [1.807, 2.05) is 25.1 Å². The monoisotopic (exact) mass is 446 g/mol. The molecule has 0 aliphatic carbocycles. The highest BCUT2D eigenvalue weighted by atomic mass is 35.5. The average Bonchev–Trinajstić information content (AvgIpc) is 2.73. The van der Waals surface area contributed by atoms with Gasteiger partial charge in [-0.15, -0.1) is 0 Å². The van der Waals surface area contributed by atoms with Gasteiger partial charge in [0.15, 0.2) is 6.61 Å². The van der Waals surface area contributed by atoms with Crippen LogP contribution in [-0.2, 0) is 14.4 Å². The van der Waals surface area contributed by atoms with E-state index in [2.05, 4.69) is 17.4 Å². The Balaban J connectivity index is 0.00000107. The number of carbonyl (C=O) groups is 3. The number of benzene rings is 2. The molecule has 0 bridgehead atoms. The maximum absolute atomic E-state index is 12.7. The van der Waals surface area contributed by atoms with Crippen LogP contribution >= 0.6 is 11.6 Å². The molecule has 1 aliphatic heterocycles. The van der Waals surface area contributed by atoms with Crippen LogP contribution in [0.1, 0.15) is 30.4 Å². The summed E-state index contributed by atoms with van der Waals surface area (Å²) in [5.74, 6) is 0.661. The van der Waals surface area contributed by atoms with Gasteiger partial charge in [0.25, 0.3) is 12.4 Å². The molecular formula is C23H27ClN2O5. The van der Waals surface area contributed by atoms with Crippen LogP contribution in [0.4, 0.5) is 0 Å². The van der Waals surface area contributed by atoms with Crippen molar-refractivity contribution in [2.45, 2.75) is 32.2 Å². The van der Waals surface area contributed by atoms with Gasteiger partial charge in [0.05, 0.1) is 6.04 Å². The lowest BCUT2D eigenvalue weighted by Crippen LogP contribution is -2.53. The number of nitrogens with zero attached hydrogens (tertiary/aromatic N) is 1. The van der Waals surface area contributed by atoms with Crippen molar-refractivity contribution in [1.82, 2.24) is 10.2 Å². The van der Waals surface area contributed by atoms with Gasteiger partial charge in [-0.3, -0.25) is 14.4 Å². The van der Waals surface area contributed by atoms with Crippen molar-refractivity contribution in [2.24, 2.45) is 0 Å². The Bertz CT molecular complexity index is 891. The minimum absolute atomic E-state index is 0.0364. The lowest BCUT2D eigenvalue weighted by atomic mass is 9.85. The molecule has 1 heterocycles. The number of aryl methyl sites for hydroxylation is 1. The van der Waals surface area contributed by atoms with Crippen LogP contribution in [0.25, 0.3) is 0 Å². The molecule has 8 heteroatoms. The quantitative estimate of drug-likeness (QED) is 0.687. The van der Waals surface area contributed by atoms with Gasteiger partial charge in [-0.25, -0.2) is 0 Å². The van der Waals surface area contributed by atoms with Crippen molar-refractivity contribution in [3.63, 3.8) is 0 Å². The van der Waals surface area contributed by atoms with E-state index >= 15 is 0 Å². The Kier molecular flexibility index (Phi) is 9.34. The van der Waals surface area contributed by atoms with Crippen LogP contribution in [0.3, 0.4) is 0 Å². The largest absolute Gasteiger partial charge is 0.483 e. The number of likely N-dealkylation sites (tertiary alicyclic amines) is 1. The van der Waals surface area contributed by atoms with Crippen molar-refractivity contribution >= 4 is 29.9 Å². The molecule has 31 heavy (non-hydrogen) atoms. The first-order valence-electron chi connectivity index (χ1n) is 9.92. The van der Waals surface area contributed by atoms with Gasteiger partial charge in [-0.2, -0.15) is 0 Å². The summed E-state index contributed by atoms with van der Waals surface area (Å²) in [4.78, 5) is 34.5. The second-order valence-corrected chi connectivity index (χ2v) is 7.69. The normalized spacial score (nSPS) is 17.7. The van der Waals surface area contributed by atoms with Gasteiger partial charge in [0.2, 0.25) is 5.91 Å².